The van der Waals surface area contributed by atoms with Crippen molar-refractivity contribution >= 4 is 17.5 Å². The van der Waals surface area contributed by atoms with E-state index in [1.807, 2.05) is 44.1 Å². The Bertz CT molecular complexity index is 643. The Labute approximate surface area is 135 Å². The molecule has 1 aromatic heterocycles. The van der Waals surface area contributed by atoms with Crippen molar-refractivity contribution in [3.63, 3.8) is 0 Å². The largest absolute Gasteiger partial charge is 0.494 e. The molecule has 0 saturated carbocycles. The number of nitrogens with zero attached hydrogens (tertiary/aromatic N) is 3. The van der Waals surface area contributed by atoms with Crippen LogP contribution in [-0.2, 0) is 6.54 Å². The molecule has 1 aromatic carbocycles. The molecule has 0 unspecified atom stereocenters. The summed E-state index contributed by atoms with van der Waals surface area (Å²) in [6.45, 7) is 2.79. The second kappa shape index (κ2) is 7.98. The van der Waals surface area contributed by atoms with Crippen molar-refractivity contribution in [2.24, 2.45) is 0 Å². The maximum absolute atomic E-state index is 11.9. The lowest BCUT2D eigenvalue weighted by atomic mass is 10.3. The van der Waals surface area contributed by atoms with Gasteiger partial charge in [0.15, 0.2) is 0 Å². The van der Waals surface area contributed by atoms with Crippen LogP contribution in [0.4, 0.5) is 16.3 Å². The van der Waals surface area contributed by atoms with Gasteiger partial charge in [-0.2, -0.15) is 0 Å². The second-order valence-electron chi connectivity index (χ2n) is 4.99. The second-order valence-corrected chi connectivity index (χ2v) is 4.99. The maximum Gasteiger partial charge on any atom is 0.319 e. The van der Waals surface area contributed by atoms with Gasteiger partial charge in [0, 0.05) is 26.0 Å². The van der Waals surface area contributed by atoms with Crippen molar-refractivity contribution in [1.82, 2.24) is 15.3 Å². The van der Waals surface area contributed by atoms with Crippen molar-refractivity contribution in [1.29, 1.82) is 0 Å². The summed E-state index contributed by atoms with van der Waals surface area (Å²) in [5, 5.41) is 5.48. The lowest BCUT2D eigenvalue weighted by Crippen LogP contribution is -2.29. The summed E-state index contributed by atoms with van der Waals surface area (Å²) in [5.41, 5.74) is 0.689. The third-order valence-corrected chi connectivity index (χ3v) is 2.98. The van der Waals surface area contributed by atoms with Gasteiger partial charge in [-0.1, -0.05) is 0 Å². The molecule has 0 aliphatic rings. The summed E-state index contributed by atoms with van der Waals surface area (Å²) in [6.07, 6.45) is 1.67. The molecule has 2 rings (SSSR count). The third-order valence-electron chi connectivity index (χ3n) is 2.98. The molecule has 2 N–H and O–H groups in total. The van der Waals surface area contributed by atoms with E-state index in [-0.39, 0.29) is 12.6 Å². The summed E-state index contributed by atoms with van der Waals surface area (Å²) >= 11 is 0. The summed E-state index contributed by atoms with van der Waals surface area (Å²) < 4.78 is 5.35. The van der Waals surface area contributed by atoms with Gasteiger partial charge in [-0.3, -0.25) is 0 Å². The highest BCUT2D eigenvalue weighted by Crippen LogP contribution is 2.15. The van der Waals surface area contributed by atoms with E-state index in [0.29, 0.717) is 18.1 Å². The molecule has 0 saturated heterocycles. The zero-order valence-corrected chi connectivity index (χ0v) is 13.5. The van der Waals surface area contributed by atoms with Gasteiger partial charge in [-0.25, -0.2) is 14.8 Å². The van der Waals surface area contributed by atoms with E-state index in [9.17, 15) is 4.79 Å². The van der Waals surface area contributed by atoms with E-state index in [2.05, 4.69) is 20.6 Å². The van der Waals surface area contributed by atoms with Gasteiger partial charge in [0.25, 0.3) is 0 Å². The first-order chi connectivity index (χ1) is 11.1. The SMILES string of the molecule is CCOc1ccc(NC(=O)NCc2nccc(N(C)C)n2)cc1. The Morgan fingerprint density at radius 2 is 1.96 bits per heavy atom. The zero-order valence-electron chi connectivity index (χ0n) is 13.5. The normalized spacial score (nSPS) is 10.0. The van der Waals surface area contributed by atoms with Crippen LogP contribution in [0.25, 0.3) is 0 Å². The molecule has 7 nitrogen and oxygen atoms in total. The molecule has 23 heavy (non-hydrogen) atoms. The smallest absolute Gasteiger partial charge is 0.319 e. The van der Waals surface area contributed by atoms with Crippen LogP contribution in [0.2, 0.25) is 0 Å². The van der Waals surface area contributed by atoms with Gasteiger partial charge in [0.2, 0.25) is 0 Å². The average Bonchev–Trinajstić information content (AvgIpc) is 2.55. The number of urea groups is 1. The number of nitrogens with one attached hydrogen (secondary N) is 2. The molecule has 122 valence electrons. The van der Waals surface area contributed by atoms with Gasteiger partial charge in [0.05, 0.1) is 13.2 Å². The number of hydrogen-bond acceptors (Lipinski definition) is 5. The molecule has 1 heterocycles. The van der Waals surface area contributed by atoms with E-state index < -0.39 is 0 Å². The molecule has 0 atom stereocenters. The minimum atomic E-state index is -0.312. The molecule has 7 heteroatoms. The number of carbonyl (C=O) groups excluding carboxylic acids is 1. The first-order valence-corrected chi connectivity index (χ1v) is 7.35. The highest BCUT2D eigenvalue weighted by molar-refractivity contribution is 5.89. The van der Waals surface area contributed by atoms with Crippen LogP contribution in [0, 0.1) is 0 Å². The van der Waals surface area contributed by atoms with Gasteiger partial charge < -0.3 is 20.3 Å². The quantitative estimate of drug-likeness (QED) is 0.855. The van der Waals surface area contributed by atoms with Crippen LogP contribution in [-0.4, -0.2) is 36.7 Å². The predicted molar refractivity (Wildman–Crippen MR) is 89.8 cm³/mol. The first kappa shape index (κ1) is 16.5. The number of rotatable bonds is 6. The molecule has 0 fully saturated rings. The van der Waals surface area contributed by atoms with Crippen molar-refractivity contribution in [2.75, 3.05) is 30.9 Å². The van der Waals surface area contributed by atoms with Gasteiger partial charge >= 0.3 is 6.03 Å². The lowest BCUT2D eigenvalue weighted by Gasteiger charge is -2.12. The van der Waals surface area contributed by atoms with Crippen molar-refractivity contribution < 1.29 is 9.53 Å². The average molecular weight is 315 g/mol. The molecular weight excluding hydrogens is 294 g/mol. The molecule has 0 aliphatic carbocycles. The number of carbonyl (C=O) groups is 1. The summed E-state index contributed by atoms with van der Waals surface area (Å²) in [4.78, 5) is 22.3. The molecular formula is C16H21N5O2. The standard InChI is InChI=1S/C16H21N5O2/c1-4-23-13-7-5-12(6-8-13)19-16(22)18-11-14-17-10-9-15(20-14)21(2)3/h5-10H,4,11H2,1-3H3,(H2,18,19,22). The number of amides is 2. The highest BCUT2D eigenvalue weighted by Gasteiger charge is 2.05. The van der Waals surface area contributed by atoms with Crippen LogP contribution in [0.1, 0.15) is 12.7 Å². The molecule has 2 aromatic rings. The van der Waals surface area contributed by atoms with Crippen LogP contribution in [0.5, 0.6) is 5.75 Å². The van der Waals surface area contributed by atoms with Crippen LogP contribution >= 0.6 is 0 Å². The Hall–Kier alpha value is -2.83. The molecule has 0 aliphatic heterocycles. The number of aromatic nitrogens is 2. The fraction of sp³-hybridized carbons (Fsp3) is 0.312. The number of benzene rings is 1. The fourth-order valence-corrected chi connectivity index (χ4v) is 1.86. The lowest BCUT2D eigenvalue weighted by molar-refractivity contribution is 0.251. The Kier molecular flexibility index (Phi) is 5.74. The van der Waals surface area contributed by atoms with Crippen molar-refractivity contribution in [2.45, 2.75) is 13.5 Å². The third kappa shape index (κ3) is 5.14. The predicted octanol–water partition coefficient (Wildman–Crippen LogP) is 2.26. The van der Waals surface area contributed by atoms with Gasteiger partial charge in [-0.15, -0.1) is 0 Å². The highest BCUT2D eigenvalue weighted by atomic mass is 16.5. The summed E-state index contributed by atoms with van der Waals surface area (Å²) in [5.74, 6) is 2.12. The minimum absolute atomic E-state index is 0.255. The Balaban J connectivity index is 1.86. The Morgan fingerprint density at radius 3 is 2.61 bits per heavy atom. The topological polar surface area (TPSA) is 79.4 Å². The number of ether oxygens (including phenoxy) is 1. The first-order valence-electron chi connectivity index (χ1n) is 7.35. The van der Waals surface area contributed by atoms with Crippen LogP contribution in [0.15, 0.2) is 36.5 Å². The number of hydrogen-bond donors (Lipinski definition) is 2. The number of anilines is 2. The van der Waals surface area contributed by atoms with Crippen molar-refractivity contribution in [3.05, 3.63) is 42.4 Å². The van der Waals surface area contributed by atoms with Gasteiger partial charge in [0.1, 0.15) is 17.4 Å². The zero-order chi connectivity index (χ0) is 16.7. The molecule has 0 bridgehead atoms. The molecule has 0 radical (unpaired) electrons. The van der Waals surface area contributed by atoms with E-state index in [0.717, 1.165) is 11.6 Å². The summed E-state index contributed by atoms with van der Waals surface area (Å²) in [6, 6.07) is 8.68. The van der Waals surface area contributed by atoms with E-state index in [1.54, 1.807) is 18.3 Å². The van der Waals surface area contributed by atoms with Crippen LogP contribution < -0.4 is 20.3 Å². The monoisotopic (exact) mass is 315 g/mol. The molecule has 2 amide bonds. The van der Waals surface area contributed by atoms with Crippen molar-refractivity contribution in [3.8, 4) is 5.75 Å². The minimum Gasteiger partial charge on any atom is -0.494 e. The molecule has 0 spiro atoms. The van der Waals surface area contributed by atoms with E-state index >= 15 is 0 Å². The maximum atomic E-state index is 11.9. The van der Waals surface area contributed by atoms with Crippen LogP contribution in [0.3, 0.4) is 0 Å². The van der Waals surface area contributed by atoms with Gasteiger partial charge in [-0.05, 0) is 37.3 Å². The Morgan fingerprint density at radius 1 is 1.22 bits per heavy atom. The summed E-state index contributed by atoms with van der Waals surface area (Å²) in [7, 11) is 3.80. The van der Waals surface area contributed by atoms with E-state index in [4.69, 9.17) is 4.74 Å². The fourth-order valence-electron chi connectivity index (χ4n) is 1.86. The van der Waals surface area contributed by atoms with E-state index in [1.165, 1.54) is 0 Å².